The Bertz CT molecular complexity index is 605. The monoisotopic (exact) mass is 301 g/mol. The highest BCUT2D eigenvalue weighted by atomic mass is 32.2. The third-order valence-electron chi connectivity index (χ3n) is 3.26. The topological polar surface area (TPSA) is 104 Å². The molecule has 0 radical (unpaired) electrons. The number of carbonyl (C=O) groups is 1. The summed E-state index contributed by atoms with van der Waals surface area (Å²) in [7, 11) is -3.89. The maximum Gasteiger partial charge on any atom is 0.335 e. The molecule has 0 fully saturated rings. The first-order valence-corrected chi connectivity index (χ1v) is 7.62. The largest absolute Gasteiger partial charge is 0.478 e. The van der Waals surface area contributed by atoms with Gasteiger partial charge in [-0.25, -0.2) is 17.9 Å². The normalized spacial score (nSPS) is 14.8. The van der Waals surface area contributed by atoms with Crippen molar-refractivity contribution in [1.29, 1.82) is 0 Å². The van der Waals surface area contributed by atoms with E-state index in [2.05, 4.69) is 4.72 Å². The van der Waals surface area contributed by atoms with Gasteiger partial charge in [0.1, 0.15) is 0 Å². The smallest absolute Gasteiger partial charge is 0.335 e. The van der Waals surface area contributed by atoms with E-state index >= 15 is 0 Å². The Morgan fingerprint density at radius 3 is 2.45 bits per heavy atom. The van der Waals surface area contributed by atoms with Gasteiger partial charge in [-0.1, -0.05) is 13.0 Å². The Kier molecular flexibility index (Phi) is 4.90. The summed E-state index contributed by atoms with van der Waals surface area (Å²) in [5.41, 5.74) is -0.556. The summed E-state index contributed by atoms with van der Waals surface area (Å²) in [6.45, 7) is 4.57. The number of hydrogen-bond donors (Lipinski definition) is 3. The number of benzene rings is 1. The highest BCUT2D eigenvalue weighted by Gasteiger charge is 2.29. The highest BCUT2D eigenvalue weighted by Crippen LogP contribution is 2.19. The molecule has 0 spiro atoms. The van der Waals surface area contributed by atoms with E-state index in [1.54, 1.807) is 20.8 Å². The van der Waals surface area contributed by atoms with E-state index in [0.717, 1.165) is 6.07 Å². The SMILES string of the molecule is CCC(C)(CO)NS(=O)(=O)c1ccc(C)c(C(=O)O)c1. The van der Waals surface area contributed by atoms with E-state index in [9.17, 15) is 18.3 Å². The van der Waals surface area contributed by atoms with E-state index in [0.29, 0.717) is 12.0 Å². The first kappa shape index (κ1) is 16.6. The number of aryl methyl sites for hydroxylation is 1. The molecule has 1 aromatic rings. The third-order valence-corrected chi connectivity index (χ3v) is 4.90. The molecular weight excluding hydrogens is 282 g/mol. The highest BCUT2D eigenvalue weighted by molar-refractivity contribution is 7.89. The summed E-state index contributed by atoms with van der Waals surface area (Å²) in [6.07, 6.45) is 0.403. The summed E-state index contributed by atoms with van der Waals surface area (Å²) in [5, 5.41) is 18.3. The molecule has 3 N–H and O–H groups in total. The molecule has 112 valence electrons. The third kappa shape index (κ3) is 3.56. The van der Waals surface area contributed by atoms with Gasteiger partial charge in [-0.3, -0.25) is 0 Å². The number of hydrogen-bond acceptors (Lipinski definition) is 4. The first-order valence-electron chi connectivity index (χ1n) is 6.14. The van der Waals surface area contributed by atoms with Crippen LogP contribution in [0.2, 0.25) is 0 Å². The van der Waals surface area contributed by atoms with Gasteiger partial charge >= 0.3 is 5.97 Å². The predicted molar refractivity (Wildman–Crippen MR) is 74.2 cm³/mol. The van der Waals surface area contributed by atoms with Crippen molar-refractivity contribution in [1.82, 2.24) is 4.72 Å². The second-order valence-electron chi connectivity index (χ2n) is 4.96. The quantitative estimate of drug-likeness (QED) is 0.731. The Hall–Kier alpha value is -1.44. The number of aliphatic hydroxyl groups excluding tert-OH is 1. The molecule has 0 aliphatic carbocycles. The second kappa shape index (κ2) is 5.90. The Labute approximate surface area is 118 Å². The molecule has 20 heavy (non-hydrogen) atoms. The number of carboxylic acid groups (broad SMARTS) is 1. The summed E-state index contributed by atoms with van der Waals surface area (Å²) in [6, 6.07) is 3.91. The fraction of sp³-hybridized carbons (Fsp3) is 0.462. The number of nitrogens with one attached hydrogen (secondary N) is 1. The molecule has 1 rings (SSSR count). The summed E-state index contributed by atoms with van der Waals surface area (Å²) < 4.78 is 26.9. The van der Waals surface area contributed by atoms with Crippen LogP contribution in [0.25, 0.3) is 0 Å². The van der Waals surface area contributed by atoms with Crippen molar-refractivity contribution in [3.05, 3.63) is 29.3 Å². The molecule has 0 aliphatic rings. The average molecular weight is 301 g/mol. The molecule has 0 saturated carbocycles. The molecule has 0 aliphatic heterocycles. The molecule has 7 heteroatoms. The van der Waals surface area contributed by atoms with Gasteiger partial charge < -0.3 is 10.2 Å². The number of aliphatic hydroxyl groups is 1. The molecular formula is C13H19NO5S. The van der Waals surface area contributed by atoms with Crippen LogP contribution in [0.5, 0.6) is 0 Å². The van der Waals surface area contributed by atoms with Crippen molar-refractivity contribution in [2.75, 3.05) is 6.61 Å². The van der Waals surface area contributed by atoms with E-state index in [4.69, 9.17) is 5.11 Å². The standard InChI is InChI=1S/C13H19NO5S/c1-4-13(3,8-15)14-20(18,19)10-6-5-9(2)11(7-10)12(16)17/h5-7,14-15H,4,8H2,1-3H3,(H,16,17). The number of sulfonamides is 1. The number of rotatable bonds is 6. The number of aromatic carboxylic acids is 1. The van der Waals surface area contributed by atoms with Gasteiger partial charge in [0.05, 0.1) is 22.6 Å². The lowest BCUT2D eigenvalue weighted by Gasteiger charge is -2.26. The molecule has 1 aromatic carbocycles. The van der Waals surface area contributed by atoms with Crippen molar-refractivity contribution < 1.29 is 23.4 Å². The summed E-state index contributed by atoms with van der Waals surface area (Å²) >= 11 is 0. The molecule has 0 heterocycles. The molecule has 0 amide bonds. The minimum atomic E-state index is -3.89. The van der Waals surface area contributed by atoms with Gasteiger partial charge in [0.25, 0.3) is 0 Å². The van der Waals surface area contributed by atoms with Gasteiger partial charge in [0.15, 0.2) is 0 Å². The lowest BCUT2D eigenvalue weighted by molar-refractivity contribution is 0.0696. The van der Waals surface area contributed by atoms with Crippen LogP contribution < -0.4 is 4.72 Å². The van der Waals surface area contributed by atoms with Crippen LogP contribution in [0.1, 0.15) is 36.2 Å². The molecule has 0 bridgehead atoms. The molecule has 0 aromatic heterocycles. The Morgan fingerprint density at radius 1 is 1.40 bits per heavy atom. The zero-order valence-electron chi connectivity index (χ0n) is 11.7. The van der Waals surface area contributed by atoms with E-state index in [-0.39, 0.29) is 17.1 Å². The van der Waals surface area contributed by atoms with Crippen LogP contribution in [0.3, 0.4) is 0 Å². The minimum Gasteiger partial charge on any atom is -0.478 e. The molecule has 0 saturated heterocycles. The van der Waals surface area contributed by atoms with E-state index < -0.39 is 21.5 Å². The van der Waals surface area contributed by atoms with E-state index in [1.807, 2.05) is 0 Å². The zero-order valence-corrected chi connectivity index (χ0v) is 12.5. The van der Waals surface area contributed by atoms with Crippen LogP contribution in [0.15, 0.2) is 23.1 Å². The van der Waals surface area contributed by atoms with Gasteiger partial charge in [0, 0.05) is 0 Å². The Morgan fingerprint density at radius 2 is 2.00 bits per heavy atom. The van der Waals surface area contributed by atoms with Crippen LogP contribution in [0.4, 0.5) is 0 Å². The first-order chi connectivity index (χ1) is 9.15. The Balaban J connectivity index is 3.23. The van der Waals surface area contributed by atoms with Gasteiger partial charge in [0.2, 0.25) is 10.0 Å². The lowest BCUT2D eigenvalue weighted by Crippen LogP contribution is -2.48. The molecule has 6 nitrogen and oxygen atoms in total. The lowest BCUT2D eigenvalue weighted by atomic mass is 10.0. The maximum absolute atomic E-state index is 12.2. The summed E-state index contributed by atoms with van der Waals surface area (Å²) in [4.78, 5) is 10.9. The second-order valence-corrected chi connectivity index (χ2v) is 6.64. The van der Waals surface area contributed by atoms with Crippen molar-refractivity contribution in [2.24, 2.45) is 0 Å². The predicted octanol–water partition coefficient (Wildman–Crippen LogP) is 1.13. The molecule has 1 atom stereocenters. The van der Waals surface area contributed by atoms with Crippen molar-refractivity contribution >= 4 is 16.0 Å². The van der Waals surface area contributed by atoms with Crippen LogP contribution in [-0.2, 0) is 10.0 Å². The molecule has 1 unspecified atom stereocenters. The van der Waals surface area contributed by atoms with Gasteiger partial charge in [-0.2, -0.15) is 0 Å². The van der Waals surface area contributed by atoms with Gasteiger partial charge in [-0.15, -0.1) is 0 Å². The summed E-state index contributed by atoms with van der Waals surface area (Å²) in [5.74, 6) is -1.18. The van der Waals surface area contributed by atoms with Gasteiger partial charge in [-0.05, 0) is 38.0 Å². The van der Waals surface area contributed by atoms with Crippen LogP contribution in [-0.4, -0.2) is 36.7 Å². The van der Waals surface area contributed by atoms with Crippen molar-refractivity contribution in [2.45, 2.75) is 37.6 Å². The van der Waals surface area contributed by atoms with Crippen LogP contribution in [0, 0.1) is 6.92 Å². The van der Waals surface area contributed by atoms with E-state index in [1.165, 1.54) is 12.1 Å². The van der Waals surface area contributed by atoms with Crippen molar-refractivity contribution in [3.63, 3.8) is 0 Å². The van der Waals surface area contributed by atoms with Crippen LogP contribution >= 0.6 is 0 Å². The number of carboxylic acids is 1. The maximum atomic E-state index is 12.2. The fourth-order valence-electron chi connectivity index (χ4n) is 1.60. The average Bonchev–Trinajstić information content (AvgIpc) is 2.38. The van der Waals surface area contributed by atoms with Crippen molar-refractivity contribution in [3.8, 4) is 0 Å². The zero-order chi connectivity index (χ0) is 15.6. The minimum absolute atomic E-state index is 0.0601. The fourth-order valence-corrected chi connectivity index (χ4v) is 3.09.